The van der Waals surface area contributed by atoms with Crippen LogP contribution < -0.4 is 5.32 Å². The Kier molecular flexibility index (Phi) is 5.93. The molecule has 2 unspecified atom stereocenters. The quantitative estimate of drug-likeness (QED) is 0.823. The predicted molar refractivity (Wildman–Crippen MR) is 103 cm³/mol. The van der Waals surface area contributed by atoms with Crippen molar-refractivity contribution in [2.75, 3.05) is 18.8 Å². The molecule has 2 atom stereocenters. The van der Waals surface area contributed by atoms with E-state index in [1.54, 1.807) is 6.20 Å². The number of thioether (sulfide) groups is 1. The maximum absolute atomic E-state index is 12.6. The number of hydrogen-bond acceptors (Lipinski definition) is 4. The fourth-order valence-corrected chi connectivity index (χ4v) is 3.99. The Bertz CT molecular complexity index is 764. The summed E-state index contributed by atoms with van der Waals surface area (Å²) in [6.07, 6.45) is 1.73. The van der Waals surface area contributed by atoms with Gasteiger partial charge in [0.25, 0.3) is 0 Å². The highest BCUT2D eigenvalue weighted by Gasteiger charge is 2.36. The summed E-state index contributed by atoms with van der Waals surface area (Å²) in [5.74, 6) is 0.475. The van der Waals surface area contributed by atoms with Crippen LogP contribution in [0.3, 0.4) is 0 Å². The Morgan fingerprint density at radius 3 is 2.62 bits per heavy atom. The van der Waals surface area contributed by atoms with Crippen molar-refractivity contribution in [2.24, 2.45) is 0 Å². The fourth-order valence-electron chi connectivity index (χ4n) is 3.23. The summed E-state index contributed by atoms with van der Waals surface area (Å²) in [5.41, 5.74) is 2.35. The van der Waals surface area contributed by atoms with Crippen LogP contribution in [0.4, 0.5) is 0 Å². The molecule has 6 heteroatoms. The minimum atomic E-state index is -0.0655. The Morgan fingerprint density at radius 2 is 1.96 bits per heavy atom. The molecule has 0 saturated carbocycles. The van der Waals surface area contributed by atoms with Gasteiger partial charge in [0.1, 0.15) is 0 Å². The van der Waals surface area contributed by atoms with Gasteiger partial charge in [0, 0.05) is 32.1 Å². The number of benzene rings is 1. The molecule has 1 aromatic carbocycles. The number of carbonyl (C=O) groups is 2. The van der Waals surface area contributed by atoms with Gasteiger partial charge in [-0.3, -0.25) is 9.59 Å². The van der Waals surface area contributed by atoms with E-state index in [4.69, 9.17) is 0 Å². The average molecular weight is 369 g/mol. The first kappa shape index (κ1) is 18.5. The SMILES string of the molecule is CC(=O)NC1CN(C(=O)CSc2ccccn2)CC1c1ccc(C)cc1. The van der Waals surface area contributed by atoms with E-state index in [2.05, 4.69) is 41.5 Å². The lowest BCUT2D eigenvalue weighted by Crippen LogP contribution is -2.39. The highest BCUT2D eigenvalue weighted by molar-refractivity contribution is 7.99. The molecular weight excluding hydrogens is 346 g/mol. The van der Waals surface area contributed by atoms with Gasteiger partial charge in [-0.1, -0.05) is 47.7 Å². The first-order valence-corrected chi connectivity index (χ1v) is 9.67. The topological polar surface area (TPSA) is 62.3 Å². The summed E-state index contributed by atoms with van der Waals surface area (Å²) in [6.45, 7) is 4.73. The van der Waals surface area contributed by atoms with E-state index in [1.807, 2.05) is 23.1 Å². The first-order chi connectivity index (χ1) is 12.5. The largest absolute Gasteiger partial charge is 0.351 e. The minimum Gasteiger partial charge on any atom is -0.351 e. The van der Waals surface area contributed by atoms with E-state index in [0.717, 1.165) is 10.6 Å². The Hall–Kier alpha value is -2.34. The van der Waals surface area contributed by atoms with E-state index in [0.29, 0.717) is 18.8 Å². The van der Waals surface area contributed by atoms with E-state index < -0.39 is 0 Å². The highest BCUT2D eigenvalue weighted by Crippen LogP contribution is 2.29. The van der Waals surface area contributed by atoms with Crippen LogP contribution in [0.1, 0.15) is 24.0 Å². The number of rotatable bonds is 5. The third-order valence-corrected chi connectivity index (χ3v) is 5.48. The van der Waals surface area contributed by atoms with Gasteiger partial charge in [0.15, 0.2) is 0 Å². The number of carbonyl (C=O) groups excluding carboxylic acids is 2. The summed E-state index contributed by atoms with van der Waals surface area (Å²) in [7, 11) is 0. The average Bonchev–Trinajstić information content (AvgIpc) is 3.04. The standard InChI is InChI=1S/C20H23N3O2S/c1-14-6-8-16(9-7-14)17-11-23(12-18(17)22-15(2)24)20(25)13-26-19-5-3-4-10-21-19/h3-10,17-18H,11-13H2,1-2H3,(H,22,24). The number of aromatic nitrogens is 1. The number of pyridine rings is 1. The van der Waals surface area contributed by atoms with E-state index >= 15 is 0 Å². The summed E-state index contributed by atoms with van der Waals surface area (Å²) in [4.78, 5) is 30.3. The van der Waals surface area contributed by atoms with Crippen LogP contribution in [-0.2, 0) is 9.59 Å². The molecule has 5 nitrogen and oxygen atoms in total. The number of likely N-dealkylation sites (tertiary alicyclic amines) is 1. The lowest BCUT2D eigenvalue weighted by Gasteiger charge is -2.19. The van der Waals surface area contributed by atoms with Crippen molar-refractivity contribution < 1.29 is 9.59 Å². The molecule has 2 heterocycles. The molecule has 1 aromatic heterocycles. The number of nitrogens with one attached hydrogen (secondary N) is 1. The van der Waals surface area contributed by atoms with Crippen LogP contribution in [0.2, 0.25) is 0 Å². The molecular formula is C20H23N3O2S. The zero-order chi connectivity index (χ0) is 18.5. The molecule has 3 rings (SSSR count). The molecule has 0 bridgehead atoms. The number of hydrogen-bond donors (Lipinski definition) is 1. The van der Waals surface area contributed by atoms with Crippen molar-refractivity contribution in [1.82, 2.24) is 15.2 Å². The maximum Gasteiger partial charge on any atom is 0.233 e. The maximum atomic E-state index is 12.6. The number of nitrogens with zero attached hydrogens (tertiary/aromatic N) is 2. The fraction of sp³-hybridized carbons (Fsp3) is 0.350. The lowest BCUT2D eigenvalue weighted by molar-refractivity contribution is -0.127. The van der Waals surface area contributed by atoms with Crippen LogP contribution in [-0.4, -0.2) is 46.6 Å². The third kappa shape index (κ3) is 4.64. The van der Waals surface area contributed by atoms with Crippen LogP contribution in [0, 0.1) is 6.92 Å². The van der Waals surface area contributed by atoms with Crippen LogP contribution in [0.5, 0.6) is 0 Å². The normalized spacial score (nSPS) is 19.4. The van der Waals surface area contributed by atoms with Gasteiger partial charge in [-0.2, -0.15) is 0 Å². The molecule has 0 aliphatic carbocycles. The van der Waals surface area contributed by atoms with E-state index in [-0.39, 0.29) is 23.8 Å². The molecule has 2 aromatic rings. The highest BCUT2D eigenvalue weighted by atomic mass is 32.2. The van der Waals surface area contributed by atoms with Gasteiger partial charge in [0.2, 0.25) is 11.8 Å². The molecule has 0 spiro atoms. The molecule has 1 N–H and O–H groups in total. The van der Waals surface area contributed by atoms with Gasteiger partial charge in [-0.15, -0.1) is 0 Å². The van der Waals surface area contributed by atoms with Crippen molar-refractivity contribution in [3.8, 4) is 0 Å². The first-order valence-electron chi connectivity index (χ1n) is 8.68. The van der Waals surface area contributed by atoms with Gasteiger partial charge >= 0.3 is 0 Å². The van der Waals surface area contributed by atoms with Gasteiger partial charge in [0.05, 0.1) is 16.8 Å². The lowest BCUT2D eigenvalue weighted by atomic mass is 9.93. The Balaban J connectivity index is 1.67. The summed E-state index contributed by atoms with van der Waals surface area (Å²) < 4.78 is 0. The monoisotopic (exact) mass is 369 g/mol. The van der Waals surface area contributed by atoms with Crippen molar-refractivity contribution in [2.45, 2.75) is 30.8 Å². The molecule has 1 aliphatic heterocycles. The second kappa shape index (κ2) is 8.36. The Morgan fingerprint density at radius 1 is 1.19 bits per heavy atom. The molecule has 136 valence electrons. The molecule has 1 saturated heterocycles. The summed E-state index contributed by atoms with van der Waals surface area (Å²) >= 11 is 1.44. The van der Waals surface area contributed by atoms with E-state index in [1.165, 1.54) is 24.2 Å². The van der Waals surface area contributed by atoms with Gasteiger partial charge in [-0.05, 0) is 24.6 Å². The Labute approximate surface area is 158 Å². The van der Waals surface area contributed by atoms with Crippen LogP contribution in [0.25, 0.3) is 0 Å². The minimum absolute atomic E-state index is 0.0565. The summed E-state index contributed by atoms with van der Waals surface area (Å²) in [6, 6.07) is 13.9. The van der Waals surface area contributed by atoms with Gasteiger partial charge in [-0.25, -0.2) is 4.98 Å². The van der Waals surface area contributed by atoms with Crippen molar-refractivity contribution >= 4 is 23.6 Å². The predicted octanol–water partition coefficient (Wildman–Crippen LogP) is 2.61. The van der Waals surface area contributed by atoms with Gasteiger partial charge < -0.3 is 10.2 Å². The molecule has 0 radical (unpaired) electrons. The second-order valence-electron chi connectivity index (χ2n) is 6.58. The van der Waals surface area contributed by atoms with Crippen LogP contribution >= 0.6 is 11.8 Å². The smallest absolute Gasteiger partial charge is 0.233 e. The van der Waals surface area contributed by atoms with E-state index in [9.17, 15) is 9.59 Å². The molecule has 2 amide bonds. The number of aryl methyl sites for hydroxylation is 1. The molecule has 1 aliphatic rings. The summed E-state index contributed by atoms with van der Waals surface area (Å²) in [5, 5.41) is 3.85. The zero-order valence-corrected chi connectivity index (χ0v) is 15.8. The van der Waals surface area contributed by atoms with Crippen molar-refractivity contribution in [1.29, 1.82) is 0 Å². The zero-order valence-electron chi connectivity index (χ0n) is 15.0. The van der Waals surface area contributed by atoms with Crippen molar-refractivity contribution in [3.05, 3.63) is 59.8 Å². The molecule has 1 fully saturated rings. The third-order valence-electron chi connectivity index (χ3n) is 4.55. The van der Waals surface area contributed by atoms with Crippen molar-refractivity contribution in [3.63, 3.8) is 0 Å². The second-order valence-corrected chi connectivity index (χ2v) is 7.58. The molecule has 26 heavy (non-hydrogen) atoms. The number of amides is 2. The van der Waals surface area contributed by atoms with Crippen LogP contribution in [0.15, 0.2) is 53.7 Å².